The Balaban J connectivity index is 2.66. The lowest BCUT2D eigenvalue weighted by Gasteiger charge is -2.13. The van der Waals surface area contributed by atoms with E-state index in [1.807, 2.05) is 20.8 Å². The Morgan fingerprint density at radius 2 is 2.05 bits per heavy atom. The first-order valence-corrected chi connectivity index (χ1v) is 7.09. The molecule has 1 heterocycles. The summed E-state index contributed by atoms with van der Waals surface area (Å²) < 4.78 is 41.6. The van der Waals surface area contributed by atoms with Gasteiger partial charge in [0.25, 0.3) is 0 Å². The molecule has 0 saturated heterocycles. The van der Waals surface area contributed by atoms with Gasteiger partial charge < -0.3 is 10.1 Å². The third-order valence-electron chi connectivity index (χ3n) is 2.77. The van der Waals surface area contributed by atoms with Gasteiger partial charge in [0.1, 0.15) is 5.82 Å². The van der Waals surface area contributed by atoms with Crippen LogP contribution in [0, 0.1) is 0 Å². The molecule has 0 atom stereocenters. The molecule has 1 N–H and O–H groups in total. The van der Waals surface area contributed by atoms with Crippen LogP contribution < -0.4 is 10.1 Å². The average Bonchev–Trinajstić information content (AvgIpc) is 2.40. The predicted octanol–water partition coefficient (Wildman–Crippen LogP) is 3.43. The highest BCUT2D eigenvalue weighted by atomic mass is 19.4. The van der Waals surface area contributed by atoms with Crippen LogP contribution >= 0.6 is 0 Å². The molecule has 0 saturated carbocycles. The highest BCUT2D eigenvalue weighted by Gasteiger charge is 2.26. The van der Waals surface area contributed by atoms with Crippen LogP contribution in [-0.4, -0.2) is 29.3 Å². The van der Waals surface area contributed by atoms with Crippen molar-refractivity contribution < 1.29 is 17.9 Å². The number of hydrogen-bond donors (Lipinski definition) is 1. The molecule has 0 aliphatic carbocycles. The molecular formula is C14H22F3N3O. The molecule has 1 rings (SSSR count). The van der Waals surface area contributed by atoms with E-state index in [1.165, 1.54) is 0 Å². The van der Waals surface area contributed by atoms with E-state index in [9.17, 15) is 13.2 Å². The summed E-state index contributed by atoms with van der Waals surface area (Å²) in [4.78, 5) is 8.60. The minimum atomic E-state index is -4.14. The topological polar surface area (TPSA) is 47.0 Å². The zero-order valence-electron chi connectivity index (χ0n) is 12.6. The molecule has 1 aromatic rings. The lowest BCUT2D eigenvalue weighted by atomic mass is 10.2. The second-order valence-corrected chi connectivity index (χ2v) is 5.04. The van der Waals surface area contributed by atoms with Gasteiger partial charge in [-0.2, -0.15) is 13.2 Å². The number of ether oxygens (including phenoxy) is 1. The van der Waals surface area contributed by atoms with E-state index in [2.05, 4.69) is 15.3 Å². The summed E-state index contributed by atoms with van der Waals surface area (Å²) in [5, 5.41) is 3.14. The zero-order valence-corrected chi connectivity index (χ0v) is 12.6. The molecule has 0 aliphatic heterocycles. The Bertz CT molecular complexity index is 436. The summed E-state index contributed by atoms with van der Waals surface area (Å²) in [5.74, 6) is 1.33. The molecule has 1 aromatic heterocycles. The highest BCUT2D eigenvalue weighted by molar-refractivity contribution is 5.25. The van der Waals surface area contributed by atoms with Gasteiger partial charge in [0.05, 0.1) is 18.5 Å². The minimum absolute atomic E-state index is 0.00300. The Labute approximate surface area is 123 Å². The van der Waals surface area contributed by atoms with Crippen LogP contribution in [0.5, 0.6) is 5.75 Å². The van der Waals surface area contributed by atoms with Gasteiger partial charge in [-0.05, 0) is 13.0 Å². The summed E-state index contributed by atoms with van der Waals surface area (Å²) in [6.07, 6.45) is -3.52. The number of aromatic nitrogens is 2. The molecule has 0 unspecified atom stereocenters. The van der Waals surface area contributed by atoms with Gasteiger partial charge in [0.2, 0.25) is 0 Å². The quantitative estimate of drug-likeness (QED) is 0.748. The van der Waals surface area contributed by atoms with Gasteiger partial charge in [0.15, 0.2) is 5.75 Å². The highest BCUT2D eigenvalue weighted by Crippen LogP contribution is 2.22. The van der Waals surface area contributed by atoms with Crippen LogP contribution in [-0.2, 0) is 6.54 Å². The second kappa shape index (κ2) is 8.17. The van der Waals surface area contributed by atoms with E-state index in [0.717, 1.165) is 6.54 Å². The summed E-state index contributed by atoms with van der Waals surface area (Å²) in [6, 6.07) is 0. The molecular weight excluding hydrogens is 283 g/mol. The molecule has 21 heavy (non-hydrogen) atoms. The molecule has 0 bridgehead atoms. The van der Waals surface area contributed by atoms with Crippen LogP contribution in [0.15, 0.2) is 6.20 Å². The van der Waals surface area contributed by atoms with Crippen molar-refractivity contribution in [2.75, 3.05) is 13.2 Å². The Kier molecular flexibility index (Phi) is 6.87. The van der Waals surface area contributed by atoms with Crippen LogP contribution in [0.25, 0.3) is 0 Å². The monoisotopic (exact) mass is 305 g/mol. The van der Waals surface area contributed by atoms with Gasteiger partial charge in [0, 0.05) is 18.9 Å². The standard InChI is InChI=1S/C14H22F3N3O/c1-4-18-8-11-12(9-19-13(20-11)10(2)3)21-7-5-6-14(15,16)17/h9-10,18H,4-8H2,1-3H3. The van der Waals surface area contributed by atoms with Crippen molar-refractivity contribution in [1.29, 1.82) is 0 Å². The Morgan fingerprint density at radius 1 is 1.33 bits per heavy atom. The van der Waals surface area contributed by atoms with Crippen LogP contribution in [0.2, 0.25) is 0 Å². The largest absolute Gasteiger partial charge is 0.490 e. The van der Waals surface area contributed by atoms with Gasteiger partial charge in [-0.3, -0.25) is 0 Å². The fourth-order valence-electron chi connectivity index (χ4n) is 1.65. The molecule has 0 amide bonds. The second-order valence-electron chi connectivity index (χ2n) is 5.04. The van der Waals surface area contributed by atoms with Crippen LogP contribution in [0.1, 0.15) is 51.0 Å². The lowest BCUT2D eigenvalue weighted by Crippen LogP contribution is -2.16. The number of nitrogens with zero attached hydrogens (tertiary/aromatic N) is 2. The van der Waals surface area contributed by atoms with Gasteiger partial charge in [-0.1, -0.05) is 20.8 Å². The number of alkyl halides is 3. The molecule has 0 spiro atoms. The molecule has 0 aliphatic rings. The van der Waals surface area contributed by atoms with E-state index in [0.29, 0.717) is 23.8 Å². The summed E-state index contributed by atoms with van der Waals surface area (Å²) in [7, 11) is 0. The van der Waals surface area contributed by atoms with E-state index >= 15 is 0 Å². The van der Waals surface area contributed by atoms with Crippen molar-refractivity contribution in [2.24, 2.45) is 0 Å². The maximum absolute atomic E-state index is 12.1. The average molecular weight is 305 g/mol. The van der Waals surface area contributed by atoms with E-state index in [1.54, 1.807) is 6.20 Å². The van der Waals surface area contributed by atoms with Gasteiger partial charge in [-0.25, -0.2) is 9.97 Å². The van der Waals surface area contributed by atoms with E-state index in [-0.39, 0.29) is 18.9 Å². The molecule has 4 nitrogen and oxygen atoms in total. The fraction of sp³-hybridized carbons (Fsp3) is 0.714. The first-order valence-electron chi connectivity index (χ1n) is 7.09. The number of nitrogens with one attached hydrogen (secondary N) is 1. The molecule has 0 radical (unpaired) electrons. The number of rotatable bonds is 8. The van der Waals surface area contributed by atoms with Crippen molar-refractivity contribution in [3.8, 4) is 5.75 Å². The Morgan fingerprint density at radius 3 is 2.62 bits per heavy atom. The SMILES string of the molecule is CCNCc1nc(C(C)C)ncc1OCCCC(F)(F)F. The maximum atomic E-state index is 12.1. The Hall–Kier alpha value is -1.37. The summed E-state index contributed by atoms with van der Waals surface area (Å²) >= 11 is 0. The molecule has 0 fully saturated rings. The van der Waals surface area contributed by atoms with Crippen molar-refractivity contribution in [3.63, 3.8) is 0 Å². The lowest BCUT2D eigenvalue weighted by molar-refractivity contribution is -0.136. The third-order valence-corrected chi connectivity index (χ3v) is 2.77. The van der Waals surface area contributed by atoms with Crippen molar-refractivity contribution in [1.82, 2.24) is 15.3 Å². The fourth-order valence-corrected chi connectivity index (χ4v) is 1.65. The van der Waals surface area contributed by atoms with E-state index in [4.69, 9.17) is 4.74 Å². The molecule has 7 heteroatoms. The smallest absolute Gasteiger partial charge is 0.389 e. The van der Waals surface area contributed by atoms with Crippen LogP contribution in [0.3, 0.4) is 0 Å². The molecule has 0 aromatic carbocycles. The molecule has 120 valence electrons. The predicted molar refractivity (Wildman–Crippen MR) is 74.3 cm³/mol. The van der Waals surface area contributed by atoms with Gasteiger partial charge >= 0.3 is 6.18 Å². The van der Waals surface area contributed by atoms with Crippen molar-refractivity contribution in [2.45, 2.75) is 52.3 Å². The number of hydrogen-bond acceptors (Lipinski definition) is 4. The maximum Gasteiger partial charge on any atom is 0.389 e. The minimum Gasteiger partial charge on any atom is -0.490 e. The first kappa shape index (κ1) is 17.7. The van der Waals surface area contributed by atoms with Crippen molar-refractivity contribution in [3.05, 3.63) is 17.7 Å². The number of halogens is 3. The summed E-state index contributed by atoms with van der Waals surface area (Å²) in [6.45, 7) is 7.21. The summed E-state index contributed by atoms with van der Waals surface area (Å²) in [5.41, 5.74) is 0.683. The van der Waals surface area contributed by atoms with Crippen LogP contribution in [0.4, 0.5) is 13.2 Å². The van der Waals surface area contributed by atoms with E-state index < -0.39 is 12.6 Å². The normalized spacial score (nSPS) is 12.0. The first-order chi connectivity index (χ1) is 9.83. The van der Waals surface area contributed by atoms with Gasteiger partial charge in [-0.15, -0.1) is 0 Å². The van der Waals surface area contributed by atoms with Crippen molar-refractivity contribution >= 4 is 0 Å². The zero-order chi connectivity index (χ0) is 15.9. The third kappa shape index (κ3) is 6.75.